The highest BCUT2D eigenvalue weighted by Gasteiger charge is 2.24. The van der Waals surface area contributed by atoms with Gasteiger partial charge in [0, 0.05) is 38.2 Å². The van der Waals surface area contributed by atoms with Gasteiger partial charge in [0.05, 0.1) is 10.2 Å². The highest BCUT2D eigenvalue weighted by atomic mass is 32.1. The lowest BCUT2D eigenvalue weighted by molar-refractivity contribution is -0.139. The molecule has 0 spiro atoms. The molecule has 1 saturated heterocycles. The zero-order valence-electron chi connectivity index (χ0n) is 13.9. The largest absolute Gasteiger partial charge is 0.339 e. The van der Waals surface area contributed by atoms with Crippen LogP contribution in [-0.2, 0) is 9.59 Å². The van der Waals surface area contributed by atoms with Crippen molar-refractivity contribution in [1.82, 2.24) is 14.8 Å². The molecular weight excluding hydrogens is 322 g/mol. The fraction of sp³-hybridized carbons (Fsp3) is 0.389. The molecule has 1 aliphatic heterocycles. The third-order valence-corrected chi connectivity index (χ3v) is 5.08. The maximum absolute atomic E-state index is 12.3. The molecule has 5 nitrogen and oxygen atoms in total. The van der Waals surface area contributed by atoms with E-state index in [1.807, 2.05) is 43.0 Å². The van der Waals surface area contributed by atoms with Crippen molar-refractivity contribution in [2.45, 2.75) is 13.8 Å². The zero-order valence-corrected chi connectivity index (χ0v) is 14.8. The van der Waals surface area contributed by atoms with Crippen LogP contribution in [0, 0.1) is 5.92 Å². The van der Waals surface area contributed by atoms with E-state index in [1.165, 1.54) is 0 Å². The molecule has 3 rings (SSSR count). The Morgan fingerprint density at radius 3 is 2.46 bits per heavy atom. The lowest BCUT2D eigenvalue weighted by Crippen LogP contribution is -2.51. The highest BCUT2D eigenvalue weighted by molar-refractivity contribution is 7.19. The summed E-state index contributed by atoms with van der Waals surface area (Å²) in [5.41, 5.74) is 0.954. The minimum atomic E-state index is -0.0223. The fourth-order valence-electron chi connectivity index (χ4n) is 2.72. The summed E-state index contributed by atoms with van der Waals surface area (Å²) in [7, 11) is 0. The Bertz CT molecular complexity index is 740. The molecule has 1 aliphatic rings. The van der Waals surface area contributed by atoms with E-state index in [1.54, 1.807) is 28.4 Å². The van der Waals surface area contributed by atoms with Crippen LogP contribution in [0.1, 0.15) is 18.9 Å². The van der Waals surface area contributed by atoms with Gasteiger partial charge in [-0.1, -0.05) is 26.0 Å². The zero-order chi connectivity index (χ0) is 17.1. The molecule has 2 heterocycles. The molecule has 0 bridgehead atoms. The van der Waals surface area contributed by atoms with Crippen LogP contribution in [0.2, 0.25) is 0 Å². The van der Waals surface area contributed by atoms with Gasteiger partial charge in [-0.15, -0.1) is 11.3 Å². The molecule has 1 aromatic heterocycles. The van der Waals surface area contributed by atoms with E-state index in [4.69, 9.17) is 0 Å². The van der Waals surface area contributed by atoms with Crippen LogP contribution in [0.4, 0.5) is 0 Å². The Morgan fingerprint density at radius 1 is 1.12 bits per heavy atom. The van der Waals surface area contributed by atoms with Gasteiger partial charge in [-0.05, 0) is 18.2 Å². The summed E-state index contributed by atoms with van der Waals surface area (Å²) < 4.78 is 1.12. The number of carbonyl (C=O) groups is 2. The third-order valence-electron chi connectivity index (χ3n) is 4.08. The van der Waals surface area contributed by atoms with Crippen LogP contribution >= 0.6 is 11.3 Å². The Labute approximate surface area is 145 Å². The smallest absolute Gasteiger partial charge is 0.246 e. The van der Waals surface area contributed by atoms with Gasteiger partial charge in [0.1, 0.15) is 5.01 Å². The first-order valence-corrected chi connectivity index (χ1v) is 8.97. The molecule has 0 radical (unpaired) electrons. The molecule has 0 atom stereocenters. The van der Waals surface area contributed by atoms with E-state index in [0.29, 0.717) is 26.2 Å². The number of nitrogens with zero attached hydrogens (tertiary/aromatic N) is 3. The molecule has 0 N–H and O–H groups in total. The van der Waals surface area contributed by atoms with E-state index in [-0.39, 0.29) is 17.7 Å². The molecular formula is C18H21N3O2S. The normalized spacial score (nSPS) is 15.6. The summed E-state index contributed by atoms with van der Waals surface area (Å²) in [5, 5.41) is 0.832. The van der Waals surface area contributed by atoms with Crippen LogP contribution < -0.4 is 0 Å². The number of carbonyl (C=O) groups excluding carboxylic acids is 2. The number of thiazole rings is 1. The second-order valence-corrected chi connectivity index (χ2v) is 7.22. The summed E-state index contributed by atoms with van der Waals surface area (Å²) in [6.45, 7) is 6.19. The number of piperazine rings is 1. The monoisotopic (exact) mass is 343 g/mol. The minimum Gasteiger partial charge on any atom is -0.339 e. The van der Waals surface area contributed by atoms with Crippen molar-refractivity contribution in [3.63, 3.8) is 0 Å². The van der Waals surface area contributed by atoms with Gasteiger partial charge >= 0.3 is 0 Å². The van der Waals surface area contributed by atoms with Gasteiger partial charge < -0.3 is 9.80 Å². The summed E-state index contributed by atoms with van der Waals surface area (Å²) in [4.78, 5) is 32.4. The molecule has 6 heteroatoms. The fourth-order valence-corrected chi connectivity index (χ4v) is 3.59. The molecule has 1 fully saturated rings. The highest BCUT2D eigenvalue weighted by Crippen LogP contribution is 2.22. The quantitative estimate of drug-likeness (QED) is 0.805. The van der Waals surface area contributed by atoms with E-state index in [0.717, 1.165) is 15.2 Å². The van der Waals surface area contributed by atoms with Gasteiger partial charge in [-0.25, -0.2) is 4.98 Å². The van der Waals surface area contributed by atoms with Gasteiger partial charge in [-0.3, -0.25) is 9.59 Å². The third kappa shape index (κ3) is 3.64. The second kappa shape index (κ2) is 7.13. The van der Waals surface area contributed by atoms with Crippen LogP contribution in [0.25, 0.3) is 16.3 Å². The maximum atomic E-state index is 12.3. The number of hydrogen-bond acceptors (Lipinski definition) is 4. The van der Waals surface area contributed by atoms with E-state index in [9.17, 15) is 9.59 Å². The summed E-state index contributed by atoms with van der Waals surface area (Å²) in [6, 6.07) is 7.93. The van der Waals surface area contributed by atoms with Crippen LogP contribution in [0.5, 0.6) is 0 Å². The molecule has 0 saturated carbocycles. The lowest BCUT2D eigenvalue weighted by atomic mass is 10.1. The number of rotatable bonds is 3. The van der Waals surface area contributed by atoms with Crippen LogP contribution in [0.3, 0.4) is 0 Å². The number of aromatic nitrogens is 1. The van der Waals surface area contributed by atoms with Crippen LogP contribution in [0.15, 0.2) is 30.3 Å². The molecule has 2 amide bonds. The SMILES string of the molecule is CC(C)C(=O)N1CCN(C(=O)/C=C/c2nc3ccccc3s2)CC1. The van der Waals surface area contributed by atoms with E-state index >= 15 is 0 Å². The van der Waals surface area contributed by atoms with Crippen molar-refractivity contribution in [3.8, 4) is 0 Å². The van der Waals surface area contributed by atoms with Gasteiger partial charge in [-0.2, -0.15) is 0 Å². The number of amides is 2. The number of hydrogen-bond donors (Lipinski definition) is 0. The average Bonchev–Trinajstić information content (AvgIpc) is 3.02. The van der Waals surface area contributed by atoms with Gasteiger partial charge in [0.15, 0.2) is 0 Å². The molecule has 1 aromatic carbocycles. The molecule has 126 valence electrons. The van der Waals surface area contributed by atoms with E-state index in [2.05, 4.69) is 4.98 Å². The Morgan fingerprint density at radius 2 is 1.79 bits per heavy atom. The van der Waals surface area contributed by atoms with Crippen molar-refractivity contribution >= 4 is 39.4 Å². The maximum Gasteiger partial charge on any atom is 0.246 e. The number of fused-ring (bicyclic) bond motifs is 1. The average molecular weight is 343 g/mol. The van der Waals surface area contributed by atoms with Crippen molar-refractivity contribution in [1.29, 1.82) is 0 Å². The number of benzene rings is 1. The summed E-state index contributed by atoms with van der Waals surface area (Å²) >= 11 is 1.57. The van der Waals surface area contributed by atoms with Gasteiger partial charge in [0.25, 0.3) is 0 Å². The first-order valence-electron chi connectivity index (χ1n) is 8.16. The first-order chi connectivity index (χ1) is 11.5. The molecule has 0 aliphatic carbocycles. The predicted molar refractivity (Wildman–Crippen MR) is 96.7 cm³/mol. The minimum absolute atomic E-state index is 0.00572. The van der Waals surface area contributed by atoms with Crippen molar-refractivity contribution in [2.24, 2.45) is 5.92 Å². The molecule has 24 heavy (non-hydrogen) atoms. The van der Waals surface area contributed by atoms with Crippen molar-refractivity contribution < 1.29 is 9.59 Å². The predicted octanol–water partition coefficient (Wildman–Crippen LogP) is 2.64. The topological polar surface area (TPSA) is 53.5 Å². The second-order valence-electron chi connectivity index (χ2n) is 6.16. The Balaban J connectivity index is 1.58. The molecule has 2 aromatic rings. The standard InChI is InChI=1S/C18H21N3O2S/c1-13(2)18(23)21-11-9-20(10-12-21)17(22)8-7-16-19-14-5-3-4-6-15(14)24-16/h3-8,13H,9-12H2,1-2H3/b8-7+. The van der Waals surface area contributed by atoms with E-state index < -0.39 is 0 Å². The van der Waals surface area contributed by atoms with Crippen molar-refractivity contribution in [3.05, 3.63) is 35.3 Å². The van der Waals surface area contributed by atoms with Crippen LogP contribution in [-0.4, -0.2) is 52.8 Å². The summed E-state index contributed by atoms with van der Waals surface area (Å²) in [5.74, 6) is 0.143. The first kappa shape index (κ1) is 16.6. The van der Waals surface area contributed by atoms with Gasteiger partial charge in [0.2, 0.25) is 11.8 Å². The Hall–Kier alpha value is -2.21. The number of para-hydroxylation sites is 1. The van der Waals surface area contributed by atoms with Crippen molar-refractivity contribution in [2.75, 3.05) is 26.2 Å². The summed E-state index contributed by atoms with van der Waals surface area (Å²) in [6.07, 6.45) is 3.36. The molecule has 0 unspecified atom stereocenters. The lowest BCUT2D eigenvalue weighted by Gasteiger charge is -2.35. The Kier molecular flexibility index (Phi) is 4.94.